The molecule has 0 aliphatic heterocycles. The minimum atomic E-state index is -1.43. The van der Waals surface area contributed by atoms with E-state index in [4.69, 9.17) is 6.42 Å². The minimum absolute atomic E-state index is 0.104. The highest BCUT2D eigenvalue weighted by molar-refractivity contribution is 5.97. The van der Waals surface area contributed by atoms with Crippen LogP contribution in [0.3, 0.4) is 0 Å². The lowest BCUT2D eigenvalue weighted by molar-refractivity contribution is -0.139. The molecule has 0 aliphatic carbocycles. The van der Waals surface area contributed by atoms with Crippen molar-refractivity contribution in [1.29, 1.82) is 0 Å². The number of fused-ring (bicyclic) bond motifs is 1. The van der Waals surface area contributed by atoms with E-state index in [9.17, 15) is 24.3 Å². The number of nitrogens with zero attached hydrogens (tertiary/aromatic N) is 3. The highest BCUT2D eigenvalue weighted by atomic mass is 19.1. The second-order valence-corrected chi connectivity index (χ2v) is 9.84. The Kier molecular flexibility index (Phi) is 9.47. The van der Waals surface area contributed by atoms with Gasteiger partial charge in [-0.15, -0.1) is 6.42 Å². The monoisotopic (exact) mass is 584 g/mol. The Morgan fingerprint density at radius 3 is 2.63 bits per heavy atom. The van der Waals surface area contributed by atoms with E-state index < -0.39 is 29.6 Å². The zero-order chi connectivity index (χ0) is 31.1. The predicted octanol–water partition coefficient (Wildman–Crippen LogP) is 3.32. The molecule has 2 heterocycles. The Morgan fingerprint density at radius 2 is 1.95 bits per heavy atom. The summed E-state index contributed by atoms with van der Waals surface area (Å²) in [6.07, 6.45) is 6.63. The van der Waals surface area contributed by atoms with E-state index in [1.54, 1.807) is 42.2 Å². The fourth-order valence-corrected chi connectivity index (χ4v) is 4.47. The van der Waals surface area contributed by atoms with Gasteiger partial charge in [0, 0.05) is 24.8 Å². The fourth-order valence-electron chi connectivity index (χ4n) is 4.47. The smallest absolute Gasteiger partial charge is 0.326 e. The molecule has 4 aromatic rings. The molecule has 4 rings (SSSR count). The number of hydrogen-bond acceptors (Lipinski definition) is 7. The summed E-state index contributed by atoms with van der Waals surface area (Å²) in [5, 5.41) is 14.8. The number of aromatic amines is 1. The summed E-state index contributed by atoms with van der Waals surface area (Å²) >= 11 is 0. The molecular weight excluding hydrogens is 555 g/mol. The molecule has 0 fully saturated rings. The van der Waals surface area contributed by atoms with Crippen LogP contribution in [0.2, 0.25) is 0 Å². The first kappa shape index (κ1) is 30.4. The molecule has 0 saturated carbocycles. The first-order chi connectivity index (χ1) is 20.5. The summed E-state index contributed by atoms with van der Waals surface area (Å²) in [6.45, 7) is 3.91. The molecule has 0 aliphatic rings. The topological polar surface area (TPSA) is 157 Å². The summed E-state index contributed by atoms with van der Waals surface area (Å²) in [4.78, 5) is 62.0. The molecule has 43 heavy (non-hydrogen) atoms. The number of terminal acetylenes is 1. The number of hydrogen-bond donors (Lipinski definition) is 4. The fraction of sp³-hybridized carbons (Fsp3) is 0.226. The number of carboxylic acid groups (broad SMARTS) is 1. The van der Waals surface area contributed by atoms with Gasteiger partial charge in [0.1, 0.15) is 23.5 Å². The van der Waals surface area contributed by atoms with Crippen LogP contribution in [-0.2, 0) is 16.1 Å². The zero-order valence-electron chi connectivity index (χ0n) is 23.5. The van der Waals surface area contributed by atoms with Crippen molar-refractivity contribution in [3.63, 3.8) is 0 Å². The van der Waals surface area contributed by atoms with Crippen LogP contribution in [0.5, 0.6) is 0 Å². The SMILES string of the molecule is C#CCN(Cc1cc2c(=O)[nH]c(C)nc2cc1C)c1ccc(C(=O)NC(CCC(=O)Nc2ccccn2)C(=O)O)c(F)c1. The second-order valence-electron chi connectivity index (χ2n) is 9.84. The molecule has 1 unspecified atom stereocenters. The molecule has 11 nitrogen and oxygen atoms in total. The van der Waals surface area contributed by atoms with Crippen molar-refractivity contribution in [1.82, 2.24) is 20.3 Å². The number of carbonyl (C=O) groups excluding carboxylic acids is 2. The third-order valence-corrected chi connectivity index (χ3v) is 6.68. The molecule has 2 aromatic heterocycles. The average molecular weight is 585 g/mol. The maximum Gasteiger partial charge on any atom is 0.326 e. The van der Waals surface area contributed by atoms with Crippen LogP contribution in [0.15, 0.2) is 59.5 Å². The number of amides is 2. The third-order valence-electron chi connectivity index (χ3n) is 6.68. The van der Waals surface area contributed by atoms with Gasteiger partial charge in [-0.25, -0.2) is 19.2 Å². The van der Waals surface area contributed by atoms with Gasteiger partial charge in [-0.2, -0.15) is 0 Å². The number of benzene rings is 2. The Balaban J connectivity index is 1.47. The number of carbonyl (C=O) groups is 3. The van der Waals surface area contributed by atoms with Gasteiger partial charge < -0.3 is 25.6 Å². The van der Waals surface area contributed by atoms with Gasteiger partial charge in [0.05, 0.1) is 23.0 Å². The van der Waals surface area contributed by atoms with Crippen molar-refractivity contribution < 1.29 is 23.9 Å². The van der Waals surface area contributed by atoms with Gasteiger partial charge in [0.15, 0.2) is 0 Å². The van der Waals surface area contributed by atoms with Crippen LogP contribution in [0.1, 0.15) is 40.2 Å². The van der Waals surface area contributed by atoms with Crippen molar-refractivity contribution in [3.8, 4) is 12.3 Å². The van der Waals surface area contributed by atoms with Crippen LogP contribution in [0.4, 0.5) is 15.9 Å². The summed E-state index contributed by atoms with van der Waals surface area (Å²) in [7, 11) is 0. The zero-order valence-corrected chi connectivity index (χ0v) is 23.5. The number of pyridine rings is 1. The summed E-state index contributed by atoms with van der Waals surface area (Å²) in [5.41, 5.74) is 1.92. The van der Waals surface area contributed by atoms with Crippen LogP contribution in [0, 0.1) is 32.0 Å². The van der Waals surface area contributed by atoms with Gasteiger partial charge in [-0.3, -0.25) is 14.4 Å². The highest BCUT2D eigenvalue weighted by Crippen LogP contribution is 2.24. The Labute approximate surface area is 246 Å². The van der Waals surface area contributed by atoms with E-state index in [1.165, 1.54) is 18.3 Å². The first-order valence-electron chi connectivity index (χ1n) is 13.3. The van der Waals surface area contributed by atoms with E-state index in [0.717, 1.165) is 17.2 Å². The number of H-pyrrole nitrogens is 1. The number of aryl methyl sites for hydroxylation is 2. The number of halogens is 1. The minimum Gasteiger partial charge on any atom is -0.480 e. The van der Waals surface area contributed by atoms with Crippen molar-refractivity contribution in [2.24, 2.45) is 0 Å². The maximum absolute atomic E-state index is 15.2. The van der Waals surface area contributed by atoms with Crippen LogP contribution < -0.4 is 21.1 Å². The predicted molar refractivity (Wildman–Crippen MR) is 159 cm³/mol. The molecule has 2 amide bonds. The first-order valence-corrected chi connectivity index (χ1v) is 13.3. The van der Waals surface area contributed by atoms with Crippen molar-refractivity contribution in [2.45, 2.75) is 39.3 Å². The number of rotatable bonds is 11. The van der Waals surface area contributed by atoms with E-state index in [2.05, 4.69) is 31.5 Å². The van der Waals surface area contributed by atoms with E-state index in [1.807, 2.05) is 6.92 Å². The largest absolute Gasteiger partial charge is 0.480 e. The molecule has 220 valence electrons. The molecule has 0 bridgehead atoms. The van der Waals surface area contributed by atoms with E-state index in [-0.39, 0.29) is 37.1 Å². The Bertz CT molecular complexity index is 1780. The summed E-state index contributed by atoms with van der Waals surface area (Å²) in [6, 6.07) is 10.9. The molecule has 0 spiro atoms. The normalized spacial score (nSPS) is 11.4. The lowest BCUT2D eigenvalue weighted by Crippen LogP contribution is -2.41. The number of nitrogens with one attached hydrogen (secondary N) is 3. The number of aliphatic carboxylic acids is 1. The van der Waals surface area contributed by atoms with Gasteiger partial charge in [0.25, 0.3) is 11.5 Å². The third kappa shape index (κ3) is 7.59. The van der Waals surface area contributed by atoms with Gasteiger partial charge in [-0.05, 0) is 73.9 Å². The number of carboxylic acids is 1. The van der Waals surface area contributed by atoms with Crippen molar-refractivity contribution in [2.75, 3.05) is 16.8 Å². The number of anilines is 2. The van der Waals surface area contributed by atoms with Crippen molar-refractivity contribution >= 4 is 40.2 Å². The Morgan fingerprint density at radius 1 is 1.16 bits per heavy atom. The Hall–Kier alpha value is -5.57. The van der Waals surface area contributed by atoms with Crippen LogP contribution in [-0.4, -0.2) is 50.4 Å². The molecule has 0 saturated heterocycles. The average Bonchev–Trinajstić information content (AvgIpc) is 2.95. The number of aromatic nitrogens is 3. The summed E-state index contributed by atoms with van der Waals surface area (Å²) in [5.74, 6) is -0.346. The molecule has 12 heteroatoms. The standard InChI is InChI=1S/C31H29FN6O5/c1-4-13-38(17-20-15-23-26(14-18(20)2)34-19(3)35-30(23)41)21-8-9-22(24(32)16-21)29(40)36-25(31(42)43)10-11-28(39)37-27-7-5-6-12-33-27/h1,5-9,12,14-16,25H,10-11,13,17H2,2-3H3,(H,36,40)(H,42,43)(H,33,37,39)(H,34,35,41). The van der Waals surface area contributed by atoms with Crippen molar-refractivity contribution in [3.05, 3.63) is 93.4 Å². The van der Waals surface area contributed by atoms with E-state index in [0.29, 0.717) is 28.2 Å². The van der Waals surface area contributed by atoms with Gasteiger partial charge in [0.2, 0.25) is 5.91 Å². The molecule has 1 atom stereocenters. The van der Waals surface area contributed by atoms with Gasteiger partial charge >= 0.3 is 5.97 Å². The highest BCUT2D eigenvalue weighted by Gasteiger charge is 2.24. The molecule has 0 radical (unpaired) electrons. The van der Waals surface area contributed by atoms with E-state index >= 15 is 4.39 Å². The quantitative estimate of drug-likeness (QED) is 0.196. The summed E-state index contributed by atoms with van der Waals surface area (Å²) < 4.78 is 15.2. The lowest BCUT2D eigenvalue weighted by Gasteiger charge is -2.24. The second kappa shape index (κ2) is 13.4. The van der Waals surface area contributed by atoms with Gasteiger partial charge in [-0.1, -0.05) is 12.0 Å². The molecule has 4 N–H and O–H groups in total. The molecule has 2 aromatic carbocycles. The van der Waals surface area contributed by atoms with Crippen LogP contribution in [0.25, 0.3) is 10.9 Å². The van der Waals surface area contributed by atoms with Crippen LogP contribution >= 0.6 is 0 Å². The lowest BCUT2D eigenvalue weighted by atomic mass is 10.0. The maximum atomic E-state index is 15.2. The molecular formula is C31H29FN6O5.